The summed E-state index contributed by atoms with van der Waals surface area (Å²) in [4.78, 5) is 11.9. The number of halogens is 4. The molecule has 2 heterocycles. The molecule has 0 radical (unpaired) electrons. The molecule has 0 bridgehead atoms. The van der Waals surface area contributed by atoms with E-state index in [4.69, 9.17) is 4.74 Å². The Morgan fingerprint density at radius 1 is 1.26 bits per heavy atom. The van der Waals surface area contributed by atoms with Crippen LogP contribution in [0.25, 0.3) is 5.69 Å². The summed E-state index contributed by atoms with van der Waals surface area (Å²) in [5.41, 5.74) is -0.0946. The molecule has 1 aromatic heterocycles. The van der Waals surface area contributed by atoms with E-state index in [1.165, 1.54) is 24.3 Å². The van der Waals surface area contributed by atoms with Crippen LogP contribution in [0.5, 0.6) is 0 Å². The van der Waals surface area contributed by atoms with Crippen molar-refractivity contribution in [2.75, 3.05) is 25.0 Å². The summed E-state index contributed by atoms with van der Waals surface area (Å²) in [6, 6.07) is 6.93. The smallest absolute Gasteiger partial charge is 0.377 e. The summed E-state index contributed by atoms with van der Waals surface area (Å²) in [6.45, 7) is 1.52. The molecule has 2 N–H and O–H groups in total. The molecule has 148 valence electrons. The van der Waals surface area contributed by atoms with Crippen molar-refractivity contribution in [2.45, 2.75) is 25.1 Å². The molecular formula is C17H20ClF3N4O2. The standard InChI is InChI=1S/C17H19F3N4O2.ClH/c18-17(19,20)15-7-8-22-24(15)13-5-3-12(4-6-13)23-16(25)11-21-10-14-2-1-9-26-14;/h3-8,14,21H,1-2,9-11H2,(H,23,25);1H. The first-order chi connectivity index (χ1) is 12.4. The fourth-order valence-electron chi connectivity index (χ4n) is 2.77. The number of carbonyl (C=O) groups is 1. The molecule has 3 rings (SSSR count). The van der Waals surface area contributed by atoms with E-state index in [-0.39, 0.29) is 36.7 Å². The number of anilines is 1. The average Bonchev–Trinajstić information content (AvgIpc) is 3.26. The first-order valence-electron chi connectivity index (χ1n) is 8.27. The van der Waals surface area contributed by atoms with Crippen LogP contribution in [0.4, 0.5) is 18.9 Å². The van der Waals surface area contributed by atoms with Crippen LogP contribution in [0, 0.1) is 0 Å². The summed E-state index contributed by atoms with van der Waals surface area (Å²) >= 11 is 0. The van der Waals surface area contributed by atoms with Crippen LogP contribution in [0.1, 0.15) is 18.5 Å². The van der Waals surface area contributed by atoms with E-state index < -0.39 is 11.9 Å². The zero-order valence-corrected chi connectivity index (χ0v) is 15.1. The number of hydrogen-bond acceptors (Lipinski definition) is 4. The lowest BCUT2D eigenvalue weighted by molar-refractivity contribution is -0.142. The zero-order valence-electron chi connectivity index (χ0n) is 14.3. The Morgan fingerprint density at radius 3 is 2.63 bits per heavy atom. The molecular weight excluding hydrogens is 385 g/mol. The molecule has 1 saturated heterocycles. The molecule has 1 amide bonds. The first-order valence-corrected chi connectivity index (χ1v) is 8.27. The number of alkyl halides is 3. The zero-order chi connectivity index (χ0) is 18.6. The molecule has 0 spiro atoms. The lowest BCUT2D eigenvalue weighted by Gasteiger charge is -2.12. The van der Waals surface area contributed by atoms with Crippen molar-refractivity contribution in [3.63, 3.8) is 0 Å². The largest absolute Gasteiger partial charge is 0.433 e. The third kappa shape index (κ3) is 5.69. The van der Waals surface area contributed by atoms with Gasteiger partial charge in [0, 0.05) is 18.8 Å². The molecule has 1 fully saturated rings. The van der Waals surface area contributed by atoms with Gasteiger partial charge in [-0.1, -0.05) is 0 Å². The maximum absolute atomic E-state index is 12.9. The predicted molar refractivity (Wildman–Crippen MR) is 96.3 cm³/mol. The van der Waals surface area contributed by atoms with Crippen molar-refractivity contribution >= 4 is 24.0 Å². The molecule has 1 atom stereocenters. The highest BCUT2D eigenvalue weighted by molar-refractivity contribution is 5.92. The second-order valence-electron chi connectivity index (χ2n) is 5.99. The number of hydrogen-bond donors (Lipinski definition) is 2. The first kappa shape index (κ1) is 21.2. The monoisotopic (exact) mass is 404 g/mol. The van der Waals surface area contributed by atoms with Gasteiger partial charge in [-0.25, -0.2) is 4.68 Å². The van der Waals surface area contributed by atoms with Gasteiger partial charge in [0.2, 0.25) is 5.91 Å². The number of ether oxygens (including phenoxy) is 1. The van der Waals surface area contributed by atoms with Gasteiger partial charge in [0.25, 0.3) is 0 Å². The molecule has 1 aromatic carbocycles. The number of nitrogens with one attached hydrogen (secondary N) is 2. The van der Waals surface area contributed by atoms with Crippen LogP contribution in [0.15, 0.2) is 36.5 Å². The highest BCUT2D eigenvalue weighted by Crippen LogP contribution is 2.30. The van der Waals surface area contributed by atoms with E-state index in [2.05, 4.69) is 15.7 Å². The lowest BCUT2D eigenvalue weighted by Crippen LogP contribution is -2.33. The molecule has 27 heavy (non-hydrogen) atoms. The van der Waals surface area contributed by atoms with Gasteiger partial charge >= 0.3 is 6.18 Å². The Bertz CT molecular complexity index is 743. The van der Waals surface area contributed by atoms with E-state index in [9.17, 15) is 18.0 Å². The van der Waals surface area contributed by atoms with E-state index >= 15 is 0 Å². The maximum Gasteiger partial charge on any atom is 0.433 e. The van der Waals surface area contributed by atoms with Gasteiger partial charge in [-0.05, 0) is 43.2 Å². The van der Waals surface area contributed by atoms with Crippen molar-refractivity contribution in [2.24, 2.45) is 0 Å². The number of amides is 1. The van der Waals surface area contributed by atoms with Crippen molar-refractivity contribution in [1.29, 1.82) is 0 Å². The molecule has 2 aromatic rings. The Morgan fingerprint density at radius 2 is 2.00 bits per heavy atom. The topological polar surface area (TPSA) is 68.2 Å². The van der Waals surface area contributed by atoms with Gasteiger partial charge in [0.05, 0.1) is 24.5 Å². The molecule has 0 aliphatic carbocycles. The summed E-state index contributed by atoms with van der Waals surface area (Å²) in [5.74, 6) is -0.231. The van der Waals surface area contributed by atoms with Gasteiger partial charge in [0.1, 0.15) is 5.69 Å². The van der Waals surface area contributed by atoms with Crippen LogP contribution in [-0.4, -0.2) is 41.5 Å². The minimum Gasteiger partial charge on any atom is -0.377 e. The number of rotatable bonds is 6. The summed E-state index contributed by atoms with van der Waals surface area (Å²) in [7, 11) is 0. The van der Waals surface area contributed by atoms with Crippen molar-refractivity contribution in [1.82, 2.24) is 15.1 Å². The van der Waals surface area contributed by atoms with Gasteiger partial charge < -0.3 is 15.4 Å². The average molecular weight is 405 g/mol. The molecule has 6 nitrogen and oxygen atoms in total. The van der Waals surface area contributed by atoms with E-state index in [1.54, 1.807) is 0 Å². The predicted octanol–water partition coefficient (Wildman–Crippen LogP) is 3.02. The molecule has 1 aliphatic heterocycles. The summed E-state index contributed by atoms with van der Waals surface area (Å²) in [5, 5.41) is 9.43. The minimum atomic E-state index is -4.49. The Hall–Kier alpha value is -2.10. The normalized spacial score (nSPS) is 16.8. The molecule has 10 heteroatoms. The third-order valence-electron chi connectivity index (χ3n) is 4.01. The quantitative estimate of drug-likeness (QED) is 0.776. The van der Waals surface area contributed by atoms with E-state index in [0.29, 0.717) is 12.2 Å². The minimum absolute atomic E-state index is 0. The fourth-order valence-corrected chi connectivity index (χ4v) is 2.77. The van der Waals surface area contributed by atoms with Crippen LogP contribution in [0.3, 0.4) is 0 Å². The number of aromatic nitrogens is 2. The van der Waals surface area contributed by atoms with E-state index in [0.717, 1.165) is 36.4 Å². The molecule has 0 saturated carbocycles. The van der Waals surface area contributed by atoms with Gasteiger partial charge in [-0.2, -0.15) is 18.3 Å². The van der Waals surface area contributed by atoms with Crippen molar-refractivity contribution in [3.05, 3.63) is 42.2 Å². The summed E-state index contributed by atoms with van der Waals surface area (Å²) < 4.78 is 45.0. The molecule has 1 unspecified atom stereocenters. The number of nitrogens with zero attached hydrogens (tertiary/aromatic N) is 2. The second kappa shape index (κ2) is 9.20. The lowest BCUT2D eigenvalue weighted by atomic mass is 10.2. The number of carbonyl (C=O) groups excluding carboxylic acids is 1. The highest BCUT2D eigenvalue weighted by Gasteiger charge is 2.35. The van der Waals surface area contributed by atoms with Crippen molar-refractivity contribution in [3.8, 4) is 5.69 Å². The Labute approximate surface area is 160 Å². The fraction of sp³-hybridized carbons (Fsp3) is 0.412. The van der Waals surface area contributed by atoms with Gasteiger partial charge in [0.15, 0.2) is 0 Å². The van der Waals surface area contributed by atoms with Crippen molar-refractivity contribution < 1.29 is 22.7 Å². The van der Waals surface area contributed by atoms with Gasteiger partial charge in [-0.3, -0.25) is 4.79 Å². The second-order valence-corrected chi connectivity index (χ2v) is 5.99. The molecule has 1 aliphatic rings. The third-order valence-corrected chi connectivity index (χ3v) is 4.01. The maximum atomic E-state index is 12.9. The van der Waals surface area contributed by atoms with Gasteiger partial charge in [-0.15, -0.1) is 12.4 Å². The Balaban J connectivity index is 0.00000261. The SMILES string of the molecule is Cl.O=C(CNCC1CCCO1)Nc1ccc(-n2nccc2C(F)(F)F)cc1. The van der Waals surface area contributed by atoms with E-state index in [1.807, 2.05) is 0 Å². The van der Waals surface area contributed by atoms with Crippen LogP contribution < -0.4 is 10.6 Å². The van der Waals surface area contributed by atoms with Crippen LogP contribution in [-0.2, 0) is 15.7 Å². The Kier molecular flexibility index (Phi) is 7.23. The summed E-state index contributed by atoms with van der Waals surface area (Å²) in [6.07, 6.45) is -1.21. The highest BCUT2D eigenvalue weighted by atomic mass is 35.5. The number of benzene rings is 1. The van der Waals surface area contributed by atoms with Crippen LogP contribution >= 0.6 is 12.4 Å². The van der Waals surface area contributed by atoms with Crippen LogP contribution in [0.2, 0.25) is 0 Å².